The molecule has 0 saturated heterocycles. The summed E-state index contributed by atoms with van der Waals surface area (Å²) < 4.78 is 5.40. The Bertz CT molecular complexity index is 465. The zero-order chi connectivity index (χ0) is 11.6. The van der Waals surface area contributed by atoms with Crippen molar-refractivity contribution in [2.75, 3.05) is 13.2 Å². The average Bonchev–Trinajstić information content (AvgIpc) is 2.65. The van der Waals surface area contributed by atoms with Gasteiger partial charge in [0.1, 0.15) is 18.1 Å². The first-order chi connectivity index (χ1) is 7.72. The lowest BCUT2D eigenvalue weighted by Crippen LogP contribution is -2.42. The quantitative estimate of drug-likeness (QED) is 0.747. The molecule has 4 nitrogen and oxygen atoms in total. The third-order valence-electron chi connectivity index (χ3n) is 2.61. The van der Waals surface area contributed by atoms with E-state index in [1.165, 1.54) is 6.07 Å². The lowest BCUT2D eigenvalue weighted by Gasteiger charge is -2.20. The number of hydrogen-bond acceptors (Lipinski definition) is 4. The van der Waals surface area contributed by atoms with Crippen LogP contribution in [0.25, 0.3) is 0 Å². The molecule has 1 aromatic rings. The van der Waals surface area contributed by atoms with E-state index in [2.05, 4.69) is 18.0 Å². The van der Waals surface area contributed by atoms with Crippen molar-refractivity contribution in [3.05, 3.63) is 36.4 Å². The molecular weight excluding hydrogens is 204 g/mol. The molecule has 1 heterocycles. The number of phenols is 1. The highest BCUT2D eigenvalue weighted by Crippen LogP contribution is 2.38. The third-order valence-corrected chi connectivity index (χ3v) is 2.61. The summed E-state index contributed by atoms with van der Waals surface area (Å²) in [6.07, 6.45) is 1.69. The van der Waals surface area contributed by atoms with Crippen molar-refractivity contribution in [1.29, 1.82) is 5.26 Å². The van der Waals surface area contributed by atoms with E-state index in [1.54, 1.807) is 18.2 Å². The molecule has 0 fully saturated rings. The number of nitrogens with zero attached hydrogens (tertiary/aromatic N) is 1. The van der Waals surface area contributed by atoms with Crippen LogP contribution in [0.3, 0.4) is 0 Å². The van der Waals surface area contributed by atoms with Gasteiger partial charge in [-0.05, 0) is 12.1 Å². The molecule has 16 heavy (non-hydrogen) atoms. The van der Waals surface area contributed by atoms with Gasteiger partial charge in [0.25, 0.3) is 0 Å². The predicted octanol–water partition coefficient (Wildman–Crippen LogP) is 1.28. The molecule has 2 rings (SSSR count). The first kappa shape index (κ1) is 10.5. The van der Waals surface area contributed by atoms with Crippen LogP contribution < -0.4 is 10.1 Å². The van der Waals surface area contributed by atoms with E-state index in [1.807, 2.05) is 0 Å². The molecule has 0 bridgehead atoms. The Hall–Kier alpha value is -1.99. The molecular formula is C12H12N2O2. The summed E-state index contributed by atoms with van der Waals surface area (Å²) in [7, 11) is 0. The van der Waals surface area contributed by atoms with Crippen molar-refractivity contribution in [2.45, 2.75) is 5.54 Å². The minimum Gasteiger partial charge on any atom is -0.508 e. The molecule has 4 heteroatoms. The Labute approximate surface area is 93.8 Å². The van der Waals surface area contributed by atoms with Crippen LogP contribution in [0.4, 0.5) is 0 Å². The van der Waals surface area contributed by atoms with Gasteiger partial charge >= 0.3 is 0 Å². The van der Waals surface area contributed by atoms with Gasteiger partial charge in [0.15, 0.2) is 5.54 Å². The maximum Gasteiger partial charge on any atom is 0.170 e. The molecule has 82 valence electrons. The highest BCUT2D eigenvalue weighted by Gasteiger charge is 2.40. The van der Waals surface area contributed by atoms with E-state index < -0.39 is 5.54 Å². The molecule has 0 spiro atoms. The number of nitrogens with one attached hydrogen (secondary N) is 1. The van der Waals surface area contributed by atoms with Crippen LogP contribution in [0, 0.1) is 11.3 Å². The molecule has 2 N–H and O–H groups in total. The summed E-state index contributed by atoms with van der Waals surface area (Å²) in [6.45, 7) is 4.38. The van der Waals surface area contributed by atoms with Gasteiger partial charge in [-0.15, -0.1) is 6.58 Å². The van der Waals surface area contributed by atoms with Crippen LogP contribution in [0.1, 0.15) is 5.56 Å². The van der Waals surface area contributed by atoms with E-state index in [4.69, 9.17) is 4.74 Å². The van der Waals surface area contributed by atoms with Crippen LogP contribution in [0.5, 0.6) is 11.5 Å². The van der Waals surface area contributed by atoms with Gasteiger partial charge in [-0.2, -0.15) is 5.26 Å². The fourth-order valence-corrected chi connectivity index (χ4v) is 1.77. The zero-order valence-corrected chi connectivity index (χ0v) is 8.73. The molecule has 1 aromatic carbocycles. The van der Waals surface area contributed by atoms with E-state index in [9.17, 15) is 10.4 Å². The molecule has 1 unspecified atom stereocenters. The minimum absolute atomic E-state index is 0.135. The van der Waals surface area contributed by atoms with Gasteiger partial charge in [0.05, 0.1) is 6.07 Å². The van der Waals surface area contributed by atoms with Gasteiger partial charge in [-0.1, -0.05) is 6.08 Å². The number of rotatable bonds is 3. The summed E-state index contributed by atoms with van der Waals surface area (Å²) >= 11 is 0. The van der Waals surface area contributed by atoms with Crippen molar-refractivity contribution in [2.24, 2.45) is 0 Å². The number of fused-ring (bicyclic) bond motifs is 1. The lowest BCUT2D eigenvalue weighted by atomic mass is 9.93. The van der Waals surface area contributed by atoms with Gasteiger partial charge in [-0.25, -0.2) is 0 Å². The Balaban J connectivity index is 2.40. The summed E-state index contributed by atoms with van der Waals surface area (Å²) in [5.41, 5.74) is -0.0772. The highest BCUT2D eigenvalue weighted by molar-refractivity contribution is 5.50. The van der Waals surface area contributed by atoms with E-state index in [0.717, 1.165) is 5.56 Å². The van der Waals surface area contributed by atoms with Crippen LogP contribution in [0.2, 0.25) is 0 Å². The SMILES string of the molecule is C=CCNC1(C#N)COc2cc(O)ccc21. The third kappa shape index (κ3) is 1.51. The molecule has 0 aliphatic carbocycles. The zero-order valence-electron chi connectivity index (χ0n) is 8.73. The summed E-state index contributed by atoms with van der Waals surface area (Å²) in [5.74, 6) is 0.689. The topological polar surface area (TPSA) is 65.3 Å². The van der Waals surface area contributed by atoms with Crippen molar-refractivity contribution in [3.63, 3.8) is 0 Å². The summed E-state index contributed by atoms with van der Waals surface area (Å²) in [4.78, 5) is 0. The van der Waals surface area contributed by atoms with Gasteiger partial charge < -0.3 is 9.84 Å². The smallest absolute Gasteiger partial charge is 0.170 e. The van der Waals surface area contributed by atoms with Crippen molar-refractivity contribution >= 4 is 0 Å². The molecule has 1 aliphatic heterocycles. The van der Waals surface area contributed by atoms with Gasteiger partial charge in [0, 0.05) is 18.2 Å². The average molecular weight is 216 g/mol. The van der Waals surface area contributed by atoms with Crippen molar-refractivity contribution < 1.29 is 9.84 Å². The molecule has 0 saturated carbocycles. The van der Waals surface area contributed by atoms with Gasteiger partial charge in [0.2, 0.25) is 0 Å². The lowest BCUT2D eigenvalue weighted by molar-refractivity contribution is 0.276. The second-order valence-electron chi connectivity index (χ2n) is 3.66. The number of nitriles is 1. The number of hydrogen-bond donors (Lipinski definition) is 2. The molecule has 1 aliphatic rings. The van der Waals surface area contributed by atoms with E-state index in [-0.39, 0.29) is 12.4 Å². The highest BCUT2D eigenvalue weighted by atomic mass is 16.5. The largest absolute Gasteiger partial charge is 0.508 e. The summed E-state index contributed by atoms with van der Waals surface area (Å²) in [5, 5.41) is 21.7. The fraction of sp³-hybridized carbons (Fsp3) is 0.250. The standard InChI is InChI=1S/C12H12N2O2/c1-2-5-14-12(7-13)8-16-11-6-9(15)3-4-10(11)12/h2-4,6,14-15H,1,5,8H2. The predicted molar refractivity (Wildman–Crippen MR) is 59.1 cm³/mol. The van der Waals surface area contributed by atoms with Crippen molar-refractivity contribution in [3.8, 4) is 17.6 Å². The normalized spacial score (nSPS) is 21.9. The summed E-state index contributed by atoms with van der Waals surface area (Å²) in [6, 6.07) is 7.00. The first-order valence-corrected chi connectivity index (χ1v) is 4.95. The number of aromatic hydroxyl groups is 1. The number of phenolic OH excluding ortho intramolecular Hbond substituents is 1. The van der Waals surface area contributed by atoms with Crippen LogP contribution in [-0.4, -0.2) is 18.3 Å². The minimum atomic E-state index is -0.836. The van der Waals surface area contributed by atoms with Gasteiger partial charge in [-0.3, -0.25) is 5.32 Å². The number of benzene rings is 1. The maximum absolute atomic E-state index is 9.32. The molecule has 0 aromatic heterocycles. The monoisotopic (exact) mass is 216 g/mol. The number of ether oxygens (including phenoxy) is 1. The Morgan fingerprint density at radius 2 is 2.50 bits per heavy atom. The maximum atomic E-state index is 9.32. The van der Waals surface area contributed by atoms with Crippen molar-refractivity contribution in [1.82, 2.24) is 5.32 Å². The fourth-order valence-electron chi connectivity index (χ4n) is 1.77. The Kier molecular flexibility index (Phi) is 2.55. The van der Waals surface area contributed by atoms with Crippen LogP contribution >= 0.6 is 0 Å². The second-order valence-corrected chi connectivity index (χ2v) is 3.66. The molecule has 0 radical (unpaired) electrons. The molecule has 0 amide bonds. The Morgan fingerprint density at radius 1 is 1.69 bits per heavy atom. The second kappa shape index (κ2) is 3.87. The first-order valence-electron chi connectivity index (χ1n) is 4.95. The van der Waals surface area contributed by atoms with Crippen LogP contribution in [-0.2, 0) is 5.54 Å². The van der Waals surface area contributed by atoms with E-state index >= 15 is 0 Å². The van der Waals surface area contributed by atoms with Crippen LogP contribution in [0.15, 0.2) is 30.9 Å². The molecule has 1 atom stereocenters. The van der Waals surface area contributed by atoms with E-state index in [0.29, 0.717) is 12.3 Å². The Morgan fingerprint density at radius 3 is 3.19 bits per heavy atom.